The number of aliphatic hydroxyl groups is 1. The van der Waals surface area contributed by atoms with Gasteiger partial charge in [0.05, 0.1) is 6.42 Å². The number of rotatable bonds is 4. The fourth-order valence-corrected chi connectivity index (χ4v) is 1.87. The summed E-state index contributed by atoms with van der Waals surface area (Å²) in [6.07, 6.45) is 0.248. The largest absolute Gasteiger partial charge is 0.385 e. The van der Waals surface area contributed by atoms with Crippen molar-refractivity contribution in [2.75, 3.05) is 0 Å². The third-order valence-electron chi connectivity index (χ3n) is 2.94. The van der Waals surface area contributed by atoms with E-state index in [1.165, 1.54) is 0 Å². The summed E-state index contributed by atoms with van der Waals surface area (Å²) in [6.45, 7) is 1.85. The third-order valence-corrected chi connectivity index (χ3v) is 2.94. The topological polar surface area (TPSA) is 85.2 Å². The quantitative estimate of drug-likeness (QED) is 0.773. The molecule has 3 aromatic rings. The molecule has 0 saturated carbocycles. The van der Waals surface area contributed by atoms with Crippen LogP contribution in [0.3, 0.4) is 0 Å². The number of benzene rings is 1. The van der Waals surface area contributed by atoms with E-state index in [9.17, 15) is 5.11 Å². The number of fused-ring (bicyclic) bond motifs is 1. The molecule has 1 N–H and O–H groups in total. The average molecular weight is 259 g/mol. The molecule has 3 rings (SSSR count). The van der Waals surface area contributed by atoms with Gasteiger partial charge in [-0.05, 0) is 18.6 Å². The minimum Gasteiger partial charge on any atom is -0.385 e. The van der Waals surface area contributed by atoms with Crippen LogP contribution in [0, 0.1) is 0 Å². The highest BCUT2D eigenvalue weighted by molar-refractivity contribution is 5.79. The van der Waals surface area contributed by atoms with Gasteiger partial charge in [0.25, 0.3) is 0 Å². The van der Waals surface area contributed by atoms with Crippen LogP contribution in [0.5, 0.6) is 0 Å². The van der Waals surface area contributed by atoms with Crippen molar-refractivity contribution in [2.24, 2.45) is 0 Å². The van der Waals surface area contributed by atoms with Crippen LogP contribution in [0.25, 0.3) is 11.0 Å². The number of hydrogen-bond donors (Lipinski definition) is 1. The number of para-hydroxylation sites is 1. The molecule has 0 aliphatic rings. The Morgan fingerprint density at radius 3 is 2.89 bits per heavy atom. The van der Waals surface area contributed by atoms with Crippen molar-refractivity contribution in [1.82, 2.24) is 15.3 Å². The molecule has 2 heterocycles. The lowest BCUT2D eigenvalue weighted by molar-refractivity contribution is 0.159. The second kappa shape index (κ2) is 4.81. The zero-order chi connectivity index (χ0) is 13.2. The van der Waals surface area contributed by atoms with Gasteiger partial charge in [0.1, 0.15) is 11.8 Å². The van der Waals surface area contributed by atoms with E-state index in [-0.39, 0.29) is 0 Å². The maximum Gasteiger partial charge on any atom is 0.232 e. The summed E-state index contributed by atoms with van der Waals surface area (Å²) >= 11 is 0. The molecule has 0 radical (unpaired) electrons. The first-order valence-corrected chi connectivity index (χ1v) is 6.11. The van der Waals surface area contributed by atoms with Crippen molar-refractivity contribution < 1.29 is 14.2 Å². The second-order valence-electron chi connectivity index (χ2n) is 4.27. The van der Waals surface area contributed by atoms with E-state index in [0.717, 1.165) is 16.7 Å². The summed E-state index contributed by atoms with van der Waals surface area (Å²) < 4.78 is 10.3. The number of nitrogens with zero attached hydrogens (tertiary/aromatic N) is 3. The third kappa shape index (κ3) is 2.22. The van der Waals surface area contributed by atoms with E-state index >= 15 is 0 Å². The van der Waals surface area contributed by atoms with E-state index < -0.39 is 6.10 Å². The van der Waals surface area contributed by atoms with Crippen LogP contribution < -0.4 is 0 Å². The number of hydrogen-bond acceptors (Lipinski definition) is 6. The van der Waals surface area contributed by atoms with E-state index in [0.29, 0.717) is 24.6 Å². The Morgan fingerprint density at radius 2 is 2.05 bits per heavy atom. The summed E-state index contributed by atoms with van der Waals surface area (Å²) in [5.41, 5.74) is 1.47. The van der Waals surface area contributed by atoms with Gasteiger partial charge in [0, 0.05) is 5.39 Å². The Kier molecular flexibility index (Phi) is 3.00. The van der Waals surface area contributed by atoms with Crippen LogP contribution in [0.1, 0.15) is 36.9 Å². The summed E-state index contributed by atoms with van der Waals surface area (Å²) in [4.78, 5) is 4.15. The van der Waals surface area contributed by atoms with Crippen molar-refractivity contribution in [3.05, 3.63) is 41.7 Å². The molecule has 0 spiro atoms. The number of aromatic nitrogens is 3. The molecule has 0 aliphatic heterocycles. The normalized spacial score (nSPS) is 12.9. The van der Waals surface area contributed by atoms with Crippen LogP contribution in [-0.2, 0) is 6.42 Å². The Morgan fingerprint density at radius 1 is 1.21 bits per heavy atom. The smallest absolute Gasteiger partial charge is 0.232 e. The Labute approximate surface area is 109 Å². The molecule has 0 amide bonds. The van der Waals surface area contributed by atoms with Crippen molar-refractivity contribution >= 4 is 11.0 Å². The first-order valence-electron chi connectivity index (χ1n) is 6.11. The van der Waals surface area contributed by atoms with Gasteiger partial charge < -0.3 is 14.2 Å². The fourth-order valence-electron chi connectivity index (χ4n) is 1.87. The van der Waals surface area contributed by atoms with Crippen molar-refractivity contribution in [3.8, 4) is 0 Å². The summed E-state index contributed by atoms with van der Waals surface area (Å²) in [7, 11) is 0. The Balaban J connectivity index is 1.87. The second-order valence-corrected chi connectivity index (χ2v) is 4.27. The molecule has 6 heteroatoms. The zero-order valence-electron chi connectivity index (χ0n) is 10.4. The molecule has 1 unspecified atom stereocenters. The molecule has 0 saturated heterocycles. The molecule has 1 atom stereocenters. The molecule has 19 heavy (non-hydrogen) atoms. The van der Waals surface area contributed by atoms with Gasteiger partial charge >= 0.3 is 0 Å². The maximum atomic E-state index is 9.62. The van der Waals surface area contributed by atoms with Gasteiger partial charge in [0.2, 0.25) is 5.89 Å². The number of aliphatic hydroxyl groups excluding tert-OH is 1. The van der Waals surface area contributed by atoms with E-state index in [1.54, 1.807) is 0 Å². The fraction of sp³-hybridized carbons (Fsp3) is 0.308. The summed E-state index contributed by atoms with van der Waals surface area (Å²) in [6, 6.07) is 7.59. The molecule has 98 valence electrons. The van der Waals surface area contributed by atoms with Crippen molar-refractivity contribution in [1.29, 1.82) is 0 Å². The minimum atomic E-state index is -0.688. The molecule has 1 aromatic carbocycles. The SMILES string of the molecule is CCC(O)c1noc(Cc2noc3ccccc23)n1. The van der Waals surface area contributed by atoms with E-state index in [4.69, 9.17) is 9.05 Å². The summed E-state index contributed by atoms with van der Waals surface area (Å²) in [5, 5.41) is 18.3. The van der Waals surface area contributed by atoms with Gasteiger partial charge in [-0.2, -0.15) is 4.98 Å². The minimum absolute atomic E-state index is 0.310. The first kappa shape index (κ1) is 11.9. The standard InChI is InChI=1S/C13H13N3O3/c1-2-10(17)13-14-12(19-16-13)7-9-8-5-3-4-6-11(8)18-15-9/h3-6,10,17H,2,7H2,1H3. The molecule has 6 nitrogen and oxygen atoms in total. The van der Waals surface area contributed by atoms with Crippen LogP contribution in [-0.4, -0.2) is 20.4 Å². The van der Waals surface area contributed by atoms with Gasteiger partial charge in [0.15, 0.2) is 11.4 Å². The average Bonchev–Trinajstić information content (AvgIpc) is 3.06. The predicted molar refractivity (Wildman–Crippen MR) is 66.4 cm³/mol. The predicted octanol–water partition coefficient (Wildman–Crippen LogP) is 2.25. The Hall–Kier alpha value is -2.21. The van der Waals surface area contributed by atoms with Crippen LogP contribution in [0.4, 0.5) is 0 Å². The van der Waals surface area contributed by atoms with Gasteiger partial charge in [-0.15, -0.1) is 0 Å². The monoisotopic (exact) mass is 259 g/mol. The summed E-state index contributed by atoms with van der Waals surface area (Å²) in [5.74, 6) is 0.729. The molecule has 0 bridgehead atoms. The molecular formula is C13H13N3O3. The lowest BCUT2D eigenvalue weighted by Crippen LogP contribution is -1.98. The lowest BCUT2D eigenvalue weighted by atomic mass is 10.2. The van der Waals surface area contributed by atoms with Crippen LogP contribution in [0.15, 0.2) is 33.3 Å². The van der Waals surface area contributed by atoms with Crippen molar-refractivity contribution in [3.63, 3.8) is 0 Å². The van der Waals surface area contributed by atoms with E-state index in [2.05, 4.69) is 15.3 Å². The molecule has 2 aromatic heterocycles. The molecule has 0 aliphatic carbocycles. The highest BCUT2D eigenvalue weighted by Crippen LogP contribution is 2.20. The molecular weight excluding hydrogens is 246 g/mol. The lowest BCUT2D eigenvalue weighted by Gasteiger charge is -1.97. The van der Waals surface area contributed by atoms with Gasteiger partial charge in [-0.25, -0.2) is 0 Å². The zero-order valence-corrected chi connectivity index (χ0v) is 10.4. The maximum absolute atomic E-state index is 9.62. The highest BCUT2D eigenvalue weighted by Gasteiger charge is 2.16. The first-order chi connectivity index (χ1) is 9.28. The Bertz CT molecular complexity index is 689. The van der Waals surface area contributed by atoms with Crippen molar-refractivity contribution in [2.45, 2.75) is 25.9 Å². The van der Waals surface area contributed by atoms with Crippen LogP contribution >= 0.6 is 0 Å². The highest BCUT2D eigenvalue weighted by atomic mass is 16.5. The van der Waals surface area contributed by atoms with Gasteiger partial charge in [-0.1, -0.05) is 29.4 Å². The van der Waals surface area contributed by atoms with Crippen LogP contribution in [0.2, 0.25) is 0 Å². The van der Waals surface area contributed by atoms with Gasteiger partial charge in [-0.3, -0.25) is 0 Å². The molecule has 0 fully saturated rings. The van der Waals surface area contributed by atoms with E-state index in [1.807, 2.05) is 31.2 Å².